The summed E-state index contributed by atoms with van der Waals surface area (Å²) in [5.74, 6) is 0.190. The number of likely N-dealkylation sites (N-methyl/N-ethyl adjacent to an activating group) is 1. The van der Waals surface area contributed by atoms with Crippen LogP contribution in [0.5, 0.6) is 0 Å². The molecule has 1 aromatic rings. The molecule has 1 spiro atoms. The number of piperidine rings is 1. The van der Waals surface area contributed by atoms with Crippen molar-refractivity contribution in [1.29, 1.82) is 0 Å². The highest BCUT2D eigenvalue weighted by Crippen LogP contribution is 2.56. The monoisotopic (exact) mass is 364 g/mol. The molecule has 4 rings (SSSR count). The number of likely N-dealkylation sites (tertiary alicyclic amines) is 1. The fraction of sp³-hybridized carbons (Fsp3) is 0.778. The summed E-state index contributed by atoms with van der Waals surface area (Å²) >= 11 is 1.73. The van der Waals surface area contributed by atoms with Crippen LogP contribution in [0.2, 0.25) is 0 Å². The van der Waals surface area contributed by atoms with E-state index in [0.29, 0.717) is 18.1 Å². The molecule has 138 valence electrons. The minimum atomic E-state index is -0.268. The van der Waals surface area contributed by atoms with Gasteiger partial charge in [-0.3, -0.25) is 9.69 Å². The van der Waals surface area contributed by atoms with Crippen LogP contribution in [-0.4, -0.2) is 84.6 Å². The number of nitrogens with zero attached hydrogens (tertiary/aromatic N) is 4. The third-order valence-electron chi connectivity index (χ3n) is 6.16. The summed E-state index contributed by atoms with van der Waals surface area (Å²) in [4.78, 5) is 23.8. The number of rotatable bonds is 4. The molecule has 2 saturated heterocycles. The van der Waals surface area contributed by atoms with Gasteiger partial charge < -0.3 is 14.5 Å². The summed E-state index contributed by atoms with van der Waals surface area (Å²) in [5, 5.41) is 3.23. The molecular weight excluding hydrogens is 336 g/mol. The fourth-order valence-corrected chi connectivity index (χ4v) is 5.12. The Balaban J connectivity index is 1.28. The number of hydrogen-bond donors (Lipinski definition) is 0. The predicted octanol–water partition coefficient (Wildman–Crippen LogP) is 1.29. The smallest absolute Gasteiger partial charge is 0.253 e. The maximum absolute atomic E-state index is 12.7. The van der Waals surface area contributed by atoms with Gasteiger partial charge in [0, 0.05) is 43.8 Å². The summed E-state index contributed by atoms with van der Waals surface area (Å²) in [6.07, 6.45) is 5.11. The first-order chi connectivity index (χ1) is 12.1. The van der Waals surface area contributed by atoms with E-state index in [9.17, 15) is 4.79 Å². The number of ether oxygens (including phenoxy) is 1. The van der Waals surface area contributed by atoms with E-state index in [4.69, 9.17) is 4.74 Å². The molecule has 1 aliphatic carbocycles. The average Bonchev–Trinajstić information content (AvgIpc) is 3.06. The van der Waals surface area contributed by atoms with Crippen molar-refractivity contribution in [3.8, 4) is 0 Å². The lowest BCUT2D eigenvalue weighted by molar-refractivity contribution is -0.150. The lowest BCUT2D eigenvalue weighted by atomic mass is 9.92. The van der Waals surface area contributed by atoms with Crippen LogP contribution in [0.25, 0.3) is 0 Å². The first-order valence-electron chi connectivity index (χ1n) is 9.25. The molecule has 0 bridgehead atoms. The van der Waals surface area contributed by atoms with Gasteiger partial charge in [-0.25, -0.2) is 4.98 Å². The Morgan fingerprint density at radius 2 is 2.24 bits per heavy atom. The zero-order chi connectivity index (χ0) is 17.4. The highest BCUT2D eigenvalue weighted by molar-refractivity contribution is 7.09. The standard InChI is InChI=1S/C18H28N4O2S/c1-20-8-9-24-14(12-20)17(23)22-6-3-18(4-7-22)11-15(18)21(2)13-16-19-5-10-25-16/h5,10,14-15H,3-4,6-9,11-13H2,1-2H3/t14-,15-/m1/s1. The van der Waals surface area contributed by atoms with Crippen LogP contribution in [-0.2, 0) is 16.1 Å². The van der Waals surface area contributed by atoms with Gasteiger partial charge in [0.25, 0.3) is 5.91 Å². The van der Waals surface area contributed by atoms with Crippen LogP contribution < -0.4 is 0 Å². The van der Waals surface area contributed by atoms with Crippen molar-refractivity contribution in [1.82, 2.24) is 19.7 Å². The molecule has 0 aromatic carbocycles. The van der Waals surface area contributed by atoms with Gasteiger partial charge in [0.15, 0.2) is 0 Å². The van der Waals surface area contributed by atoms with Crippen LogP contribution >= 0.6 is 11.3 Å². The van der Waals surface area contributed by atoms with E-state index < -0.39 is 0 Å². The Morgan fingerprint density at radius 1 is 1.44 bits per heavy atom. The number of aromatic nitrogens is 1. The molecule has 1 saturated carbocycles. The van der Waals surface area contributed by atoms with Gasteiger partial charge in [-0.05, 0) is 38.8 Å². The molecule has 25 heavy (non-hydrogen) atoms. The van der Waals surface area contributed by atoms with Crippen LogP contribution in [0.3, 0.4) is 0 Å². The van der Waals surface area contributed by atoms with Crippen LogP contribution in [0.15, 0.2) is 11.6 Å². The molecule has 1 amide bonds. The maximum Gasteiger partial charge on any atom is 0.253 e. The summed E-state index contributed by atoms with van der Waals surface area (Å²) < 4.78 is 5.70. The van der Waals surface area contributed by atoms with Crippen molar-refractivity contribution in [3.05, 3.63) is 16.6 Å². The molecule has 7 heteroatoms. The lowest BCUT2D eigenvalue weighted by Crippen LogP contribution is -2.52. The first-order valence-corrected chi connectivity index (χ1v) is 10.1. The van der Waals surface area contributed by atoms with Gasteiger partial charge in [-0.1, -0.05) is 0 Å². The van der Waals surface area contributed by atoms with Gasteiger partial charge in [-0.2, -0.15) is 0 Å². The van der Waals surface area contributed by atoms with E-state index in [1.54, 1.807) is 11.3 Å². The van der Waals surface area contributed by atoms with Crippen molar-refractivity contribution in [2.45, 2.75) is 38.0 Å². The Bertz CT molecular complexity index is 600. The zero-order valence-electron chi connectivity index (χ0n) is 15.2. The molecule has 6 nitrogen and oxygen atoms in total. The quantitative estimate of drug-likeness (QED) is 0.806. The van der Waals surface area contributed by atoms with Crippen LogP contribution in [0.4, 0.5) is 0 Å². The number of amides is 1. The van der Waals surface area contributed by atoms with Gasteiger partial charge in [0.2, 0.25) is 0 Å². The third-order valence-corrected chi connectivity index (χ3v) is 6.93. The second kappa shape index (κ2) is 6.95. The van der Waals surface area contributed by atoms with Crippen molar-refractivity contribution >= 4 is 17.2 Å². The minimum Gasteiger partial charge on any atom is -0.366 e. The number of hydrogen-bond acceptors (Lipinski definition) is 6. The fourth-order valence-electron chi connectivity index (χ4n) is 4.44. The Kier molecular flexibility index (Phi) is 4.83. The lowest BCUT2D eigenvalue weighted by Gasteiger charge is -2.37. The molecule has 0 radical (unpaired) electrons. The van der Waals surface area contributed by atoms with Gasteiger partial charge in [-0.15, -0.1) is 11.3 Å². The normalized spacial score (nSPS) is 29.3. The predicted molar refractivity (Wildman–Crippen MR) is 97.5 cm³/mol. The van der Waals surface area contributed by atoms with Gasteiger partial charge in [0.05, 0.1) is 13.2 Å². The SMILES string of the molecule is CN1CCO[C@@H](C(=O)N2CCC3(CC2)C[C@H]3N(C)Cc2nccs2)C1. The van der Waals surface area contributed by atoms with E-state index >= 15 is 0 Å². The molecule has 3 heterocycles. The highest BCUT2D eigenvalue weighted by atomic mass is 32.1. The molecule has 1 aromatic heterocycles. The van der Waals surface area contributed by atoms with E-state index in [1.165, 1.54) is 11.4 Å². The number of morpholine rings is 1. The largest absolute Gasteiger partial charge is 0.366 e. The molecule has 3 aliphatic rings. The van der Waals surface area contributed by atoms with Gasteiger partial charge >= 0.3 is 0 Å². The second-order valence-corrected chi connectivity index (χ2v) is 8.85. The Labute approximate surface area is 153 Å². The molecular formula is C18H28N4O2S. The number of carbonyl (C=O) groups is 1. The summed E-state index contributed by atoms with van der Waals surface area (Å²) in [6.45, 7) is 5.00. The minimum absolute atomic E-state index is 0.190. The molecule has 2 atom stereocenters. The third kappa shape index (κ3) is 3.60. The first kappa shape index (κ1) is 17.4. The van der Waals surface area contributed by atoms with E-state index in [0.717, 1.165) is 45.6 Å². The summed E-state index contributed by atoms with van der Waals surface area (Å²) in [7, 11) is 4.27. The van der Waals surface area contributed by atoms with E-state index in [-0.39, 0.29) is 12.0 Å². The summed E-state index contributed by atoms with van der Waals surface area (Å²) in [5.41, 5.74) is 0.424. The number of thiazole rings is 1. The zero-order valence-corrected chi connectivity index (χ0v) is 16.0. The second-order valence-electron chi connectivity index (χ2n) is 7.87. The topological polar surface area (TPSA) is 48.9 Å². The highest BCUT2D eigenvalue weighted by Gasteiger charge is 2.57. The Hall–Kier alpha value is -1.02. The van der Waals surface area contributed by atoms with Crippen molar-refractivity contribution in [3.63, 3.8) is 0 Å². The maximum atomic E-state index is 12.7. The van der Waals surface area contributed by atoms with Crippen molar-refractivity contribution < 1.29 is 9.53 Å². The average molecular weight is 365 g/mol. The molecule has 0 N–H and O–H groups in total. The molecule has 3 fully saturated rings. The molecule has 0 unspecified atom stereocenters. The van der Waals surface area contributed by atoms with E-state index in [1.807, 2.05) is 16.5 Å². The van der Waals surface area contributed by atoms with Crippen LogP contribution in [0, 0.1) is 5.41 Å². The Morgan fingerprint density at radius 3 is 2.92 bits per heavy atom. The van der Waals surface area contributed by atoms with Crippen molar-refractivity contribution in [2.75, 3.05) is 46.9 Å². The number of carbonyl (C=O) groups excluding carboxylic acids is 1. The van der Waals surface area contributed by atoms with Crippen LogP contribution in [0.1, 0.15) is 24.3 Å². The van der Waals surface area contributed by atoms with Gasteiger partial charge in [0.1, 0.15) is 11.1 Å². The van der Waals surface area contributed by atoms with E-state index in [2.05, 4.69) is 28.9 Å². The van der Waals surface area contributed by atoms with Crippen molar-refractivity contribution in [2.24, 2.45) is 5.41 Å². The molecule has 2 aliphatic heterocycles. The summed E-state index contributed by atoms with van der Waals surface area (Å²) in [6, 6.07) is 0.644.